The van der Waals surface area contributed by atoms with Gasteiger partial charge in [-0.2, -0.15) is 11.8 Å². The van der Waals surface area contributed by atoms with Crippen LogP contribution in [0.1, 0.15) is 40.0 Å². The molecule has 0 radical (unpaired) electrons. The molecule has 0 unspecified atom stereocenters. The lowest BCUT2D eigenvalue weighted by Gasteiger charge is -2.37. The molecular formula is C15H31N3OS. The van der Waals surface area contributed by atoms with Gasteiger partial charge in [-0.3, -0.25) is 4.99 Å². The fourth-order valence-electron chi connectivity index (χ4n) is 2.37. The molecule has 0 bridgehead atoms. The van der Waals surface area contributed by atoms with Crippen molar-refractivity contribution in [1.82, 2.24) is 10.6 Å². The van der Waals surface area contributed by atoms with E-state index in [9.17, 15) is 0 Å². The maximum atomic E-state index is 5.51. The fraction of sp³-hybridized carbons (Fsp3) is 0.933. The summed E-state index contributed by atoms with van der Waals surface area (Å²) in [5.74, 6) is 2.80. The summed E-state index contributed by atoms with van der Waals surface area (Å²) in [5.41, 5.74) is 0. The Bertz CT molecular complexity index is 283. The summed E-state index contributed by atoms with van der Waals surface area (Å²) in [7, 11) is 1.84. The van der Waals surface area contributed by atoms with Crippen LogP contribution in [0.5, 0.6) is 0 Å². The zero-order valence-corrected chi connectivity index (χ0v) is 14.3. The molecule has 1 rings (SSSR count). The molecule has 1 heterocycles. The van der Waals surface area contributed by atoms with E-state index >= 15 is 0 Å². The Morgan fingerprint density at radius 1 is 1.30 bits per heavy atom. The van der Waals surface area contributed by atoms with Gasteiger partial charge in [0.05, 0.1) is 0 Å². The van der Waals surface area contributed by atoms with Crippen molar-refractivity contribution in [2.24, 2.45) is 10.9 Å². The van der Waals surface area contributed by atoms with Gasteiger partial charge in [0.25, 0.3) is 0 Å². The molecule has 0 spiro atoms. The summed E-state index contributed by atoms with van der Waals surface area (Å²) >= 11 is 2.06. The minimum Gasteiger partial charge on any atom is -0.381 e. The highest BCUT2D eigenvalue weighted by molar-refractivity contribution is 8.00. The maximum absolute atomic E-state index is 5.51. The molecule has 0 aromatic carbocycles. The van der Waals surface area contributed by atoms with Crippen molar-refractivity contribution in [2.45, 2.75) is 44.8 Å². The van der Waals surface area contributed by atoms with Crippen LogP contribution in [0.25, 0.3) is 0 Å². The molecule has 1 saturated heterocycles. The molecule has 0 saturated carbocycles. The summed E-state index contributed by atoms with van der Waals surface area (Å²) in [6.45, 7) is 10.4. The Morgan fingerprint density at radius 2 is 2.00 bits per heavy atom. The Hall–Kier alpha value is -0.420. The van der Waals surface area contributed by atoms with Crippen LogP contribution in [-0.2, 0) is 4.74 Å². The number of hydrogen-bond donors (Lipinski definition) is 2. The minimum atomic E-state index is 0.308. The standard InChI is InChI=1S/C15H31N3OS/c1-5-20-15(7-10-19-11-8-15)12-18-14(16-4)17-9-6-13(2)3/h13H,5-12H2,1-4H3,(H2,16,17,18). The average molecular weight is 302 g/mol. The normalized spacial score (nSPS) is 19.1. The van der Waals surface area contributed by atoms with E-state index in [4.69, 9.17) is 4.74 Å². The summed E-state index contributed by atoms with van der Waals surface area (Å²) in [6.07, 6.45) is 3.42. The summed E-state index contributed by atoms with van der Waals surface area (Å²) in [6, 6.07) is 0. The molecule has 0 aromatic rings. The molecule has 0 aromatic heterocycles. The third-order valence-corrected chi connectivity index (χ3v) is 5.12. The second kappa shape index (κ2) is 9.50. The molecule has 1 fully saturated rings. The largest absolute Gasteiger partial charge is 0.381 e. The Labute approximate surface area is 128 Å². The van der Waals surface area contributed by atoms with E-state index in [1.54, 1.807) is 0 Å². The maximum Gasteiger partial charge on any atom is 0.191 e. The van der Waals surface area contributed by atoms with Crippen LogP contribution in [0.4, 0.5) is 0 Å². The molecule has 0 amide bonds. The highest BCUT2D eigenvalue weighted by Crippen LogP contribution is 2.34. The number of nitrogens with one attached hydrogen (secondary N) is 2. The number of rotatable bonds is 7. The van der Waals surface area contributed by atoms with Crippen LogP contribution in [0.2, 0.25) is 0 Å². The molecule has 20 heavy (non-hydrogen) atoms. The van der Waals surface area contributed by atoms with E-state index in [1.165, 1.54) is 6.42 Å². The average Bonchev–Trinajstić information content (AvgIpc) is 2.43. The van der Waals surface area contributed by atoms with Crippen LogP contribution in [0.3, 0.4) is 0 Å². The first-order valence-corrected chi connectivity index (χ1v) is 8.76. The lowest BCUT2D eigenvalue weighted by atomic mass is 9.99. The number of guanidine groups is 1. The lowest BCUT2D eigenvalue weighted by molar-refractivity contribution is 0.0782. The van der Waals surface area contributed by atoms with Gasteiger partial charge in [0.15, 0.2) is 5.96 Å². The summed E-state index contributed by atoms with van der Waals surface area (Å²) in [5, 5.41) is 6.90. The molecule has 1 aliphatic heterocycles. The van der Waals surface area contributed by atoms with E-state index in [1.807, 2.05) is 7.05 Å². The van der Waals surface area contributed by atoms with Gasteiger partial charge < -0.3 is 15.4 Å². The molecule has 118 valence electrons. The van der Waals surface area contributed by atoms with Gasteiger partial charge in [0.1, 0.15) is 0 Å². The van der Waals surface area contributed by atoms with Crippen molar-refractivity contribution in [3.63, 3.8) is 0 Å². The summed E-state index contributed by atoms with van der Waals surface area (Å²) < 4.78 is 5.82. The first-order valence-electron chi connectivity index (χ1n) is 7.78. The van der Waals surface area contributed by atoms with Crippen LogP contribution in [0.15, 0.2) is 4.99 Å². The molecule has 2 N–H and O–H groups in total. The number of aliphatic imine (C=N–C) groups is 1. The van der Waals surface area contributed by atoms with E-state index < -0.39 is 0 Å². The quantitative estimate of drug-likeness (QED) is 0.560. The van der Waals surface area contributed by atoms with Gasteiger partial charge >= 0.3 is 0 Å². The molecule has 5 heteroatoms. The second-order valence-electron chi connectivity index (χ2n) is 5.76. The van der Waals surface area contributed by atoms with Crippen molar-refractivity contribution in [2.75, 3.05) is 39.1 Å². The Morgan fingerprint density at radius 3 is 2.55 bits per heavy atom. The zero-order chi connectivity index (χ0) is 14.8. The van der Waals surface area contributed by atoms with E-state index in [0.717, 1.165) is 56.8 Å². The van der Waals surface area contributed by atoms with E-state index in [2.05, 4.69) is 48.2 Å². The van der Waals surface area contributed by atoms with Crippen LogP contribution < -0.4 is 10.6 Å². The van der Waals surface area contributed by atoms with E-state index in [-0.39, 0.29) is 0 Å². The predicted octanol–water partition coefficient (Wildman–Crippen LogP) is 2.50. The van der Waals surface area contributed by atoms with Gasteiger partial charge in [-0.1, -0.05) is 20.8 Å². The smallest absolute Gasteiger partial charge is 0.191 e. The first-order chi connectivity index (χ1) is 9.62. The van der Waals surface area contributed by atoms with Crippen LogP contribution in [-0.4, -0.2) is 49.8 Å². The Balaban J connectivity index is 2.40. The Kier molecular flexibility index (Phi) is 8.38. The highest BCUT2D eigenvalue weighted by Gasteiger charge is 2.32. The number of hydrogen-bond acceptors (Lipinski definition) is 3. The van der Waals surface area contributed by atoms with Crippen molar-refractivity contribution < 1.29 is 4.74 Å². The molecule has 0 aliphatic carbocycles. The molecule has 0 atom stereocenters. The molecule has 1 aliphatic rings. The van der Waals surface area contributed by atoms with Gasteiger partial charge in [-0.25, -0.2) is 0 Å². The van der Waals surface area contributed by atoms with Crippen molar-refractivity contribution >= 4 is 17.7 Å². The fourth-order valence-corrected chi connectivity index (χ4v) is 3.61. The summed E-state index contributed by atoms with van der Waals surface area (Å²) in [4.78, 5) is 4.31. The second-order valence-corrected chi connectivity index (χ2v) is 7.50. The SMILES string of the molecule is CCSC1(CNC(=NC)NCCC(C)C)CCOCC1. The van der Waals surface area contributed by atoms with Gasteiger partial charge in [0, 0.05) is 38.1 Å². The number of thioether (sulfide) groups is 1. The van der Waals surface area contributed by atoms with Gasteiger partial charge in [-0.15, -0.1) is 0 Å². The third kappa shape index (κ3) is 6.35. The number of ether oxygens (including phenoxy) is 1. The predicted molar refractivity (Wildman–Crippen MR) is 89.7 cm³/mol. The van der Waals surface area contributed by atoms with Gasteiger partial charge in [-0.05, 0) is 30.9 Å². The monoisotopic (exact) mass is 301 g/mol. The molecular weight excluding hydrogens is 270 g/mol. The van der Waals surface area contributed by atoms with Gasteiger partial charge in [0.2, 0.25) is 0 Å². The van der Waals surface area contributed by atoms with Crippen LogP contribution >= 0.6 is 11.8 Å². The van der Waals surface area contributed by atoms with Crippen molar-refractivity contribution in [1.29, 1.82) is 0 Å². The highest BCUT2D eigenvalue weighted by atomic mass is 32.2. The molecule has 4 nitrogen and oxygen atoms in total. The zero-order valence-electron chi connectivity index (χ0n) is 13.5. The van der Waals surface area contributed by atoms with Crippen molar-refractivity contribution in [3.05, 3.63) is 0 Å². The minimum absolute atomic E-state index is 0.308. The number of nitrogens with zero attached hydrogens (tertiary/aromatic N) is 1. The first kappa shape index (κ1) is 17.6. The van der Waals surface area contributed by atoms with Crippen LogP contribution in [0, 0.1) is 5.92 Å². The lowest BCUT2D eigenvalue weighted by Crippen LogP contribution is -2.48. The third-order valence-electron chi connectivity index (χ3n) is 3.67. The topological polar surface area (TPSA) is 45.7 Å². The van der Waals surface area contributed by atoms with Crippen molar-refractivity contribution in [3.8, 4) is 0 Å². The van der Waals surface area contributed by atoms with E-state index in [0.29, 0.717) is 4.75 Å².